The van der Waals surface area contributed by atoms with Gasteiger partial charge in [0.25, 0.3) is 0 Å². The van der Waals surface area contributed by atoms with E-state index in [1.807, 2.05) is 0 Å². The molecule has 6 heteroatoms. The van der Waals surface area contributed by atoms with Crippen LogP contribution in [0.15, 0.2) is 36.4 Å². The minimum absolute atomic E-state index is 0.121. The smallest absolute Gasteiger partial charge is 0.335 e. The summed E-state index contributed by atoms with van der Waals surface area (Å²) >= 11 is 0. The number of ether oxygens (including phenoxy) is 1. The van der Waals surface area contributed by atoms with Gasteiger partial charge in [-0.05, 0) is 35.9 Å². The third-order valence-electron chi connectivity index (χ3n) is 2.94. The van der Waals surface area contributed by atoms with Crippen LogP contribution >= 0.6 is 0 Å². The predicted molar refractivity (Wildman–Crippen MR) is 75.3 cm³/mol. The lowest BCUT2D eigenvalue weighted by molar-refractivity contribution is 0.0697. The van der Waals surface area contributed by atoms with E-state index in [0.717, 1.165) is 0 Å². The van der Waals surface area contributed by atoms with Crippen LogP contribution < -0.4 is 10.1 Å². The Morgan fingerprint density at radius 1 is 1.29 bits per heavy atom. The molecule has 0 atom stereocenters. The SMILES string of the molecule is COc1ccc(C(=O)O)cc1NCc1ccc(O)c(F)c1. The number of hydrogen-bond donors (Lipinski definition) is 3. The first kappa shape index (κ1) is 14.6. The maximum absolute atomic E-state index is 13.2. The number of phenols is 1. The van der Waals surface area contributed by atoms with Crippen LogP contribution in [-0.4, -0.2) is 23.3 Å². The highest BCUT2D eigenvalue weighted by molar-refractivity contribution is 5.89. The lowest BCUT2D eigenvalue weighted by Crippen LogP contribution is -2.04. The molecule has 0 radical (unpaired) electrons. The first-order valence-corrected chi connectivity index (χ1v) is 6.14. The van der Waals surface area contributed by atoms with Gasteiger partial charge in [-0.15, -0.1) is 0 Å². The van der Waals surface area contributed by atoms with Crippen LogP contribution in [0.4, 0.5) is 10.1 Å². The molecule has 110 valence electrons. The second-order valence-corrected chi connectivity index (χ2v) is 4.36. The number of hydrogen-bond acceptors (Lipinski definition) is 4. The fraction of sp³-hybridized carbons (Fsp3) is 0.133. The Balaban J connectivity index is 2.19. The van der Waals surface area contributed by atoms with Gasteiger partial charge < -0.3 is 20.3 Å². The van der Waals surface area contributed by atoms with Gasteiger partial charge in [-0.3, -0.25) is 0 Å². The van der Waals surface area contributed by atoms with Crippen molar-refractivity contribution in [2.75, 3.05) is 12.4 Å². The highest BCUT2D eigenvalue weighted by Gasteiger charge is 2.09. The van der Waals surface area contributed by atoms with Gasteiger partial charge in [0.15, 0.2) is 11.6 Å². The molecule has 0 spiro atoms. The van der Waals surface area contributed by atoms with Gasteiger partial charge >= 0.3 is 5.97 Å². The minimum Gasteiger partial charge on any atom is -0.505 e. The maximum Gasteiger partial charge on any atom is 0.335 e. The topological polar surface area (TPSA) is 78.8 Å². The number of rotatable bonds is 5. The molecule has 3 N–H and O–H groups in total. The van der Waals surface area contributed by atoms with E-state index in [-0.39, 0.29) is 12.1 Å². The molecule has 0 unspecified atom stereocenters. The Hall–Kier alpha value is -2.76. The van der Waals surface area contributed by atoms with Crippen molar-refractivity contribution in [1.29, 1.82) is 0 Å². The highest BCUT2D eigenvalue weighted by atomic mass is 19.1. The summed E-state index contributed by atoms with van der Waals surface area (Å²) in [7, 11) is 1.47. The van der Waals surface area contributed by atoms with Crippen LogP contribution in [0.1, 0.15) is 15.9 Å². The molecule has 0 aromatic heterocycles. The number of methoxy groups -OCH3 is 1. The Bertz CT molecular complexity index is 673. The molecule has 0 fully saturated rings. The van der Waals surface area contributed by atoms with Crippen LogP contribution in [0.3, 0.4) is 0 Å². The highest BCUT2D eigenvalue weighted by Crippen LogP contribution is 2.26. The number of phenolic OH excluding ortho intramolecular Hbond substituents is 1. The van der Waals surface area contributed by atoms with E-state index in [4.69, 9.17) is 14.9 Å². The Kier molecular flexibility index (Phi) is 4.27. The number of halogens is 1. The van der Waals surface area contributed by atoms with E-state index in [9.17, 15) is 9.18 Å². The zero-order valence-corrected chi connectivity index (χ0v) is 11.3. The number of nitrogens with one attached hydrogen (secondary N) is 1. The maximum atomic E-state index is 13.2. The molecule has 2 rings (SSSR count). The van der Waals surface area contributed by atoms with E-state index in [1.165, 1.54) is 31.4 Å². The van der Waals surface area contributed by atoms with Gasteiger partial charge in [-0.2, -0.15) is 0 Å². The number of benzene rings is 2. The van der Waals surface area contributed by atoms with Crippen molar-refractivity contribution in [1.82, 2.24) is 0 Å². The zero-order chi connectivity index (χ0) is 15.4. The van der Waals surface area contributed by atoms with Crippen molar-refractivity contribution >= 4 is 11.7 Å². The molecule has 0 aliphatic carbocycles. The molecule has 0 saturated carbocycles. The van der Waals surface area contributed by atoms with E-state index in [1.54, 1.807) is 12.1 Å². The standard InChI is InChI=1S/C15H14FNO4/c1-21-14-5-3-10(15(19)20)7-12(14)17-8-9-2-4-13(18)11(16)6-9/h2-7,17-18H,8H2,1H3,(H,19,20). The summed E-state index contributed by atoms with van der Waals surface area (Å²) < 4.78 is 18.4. The molecular formula is C15H14FNO4. The van der Waals surface area contributed by atoms with Crippen molar-refractivity contribution in [2.45, 2.75) is 6.54 Å². The number of carboxylic acids is 1. The van der Waals surface area contributed by atoms with Crippen molar-refractivity contribution in [3.63, 3.8) is 0 Å². The Morgan fingerprint density at radius 3 is 2.67 bits per heavy atom. The quantitative estimate of drug-likeness (QED) is 0.789. The Morgan fingerprint density at radius 2 is 2.05 bits per heavy atom. The summed E-state index contributed by atoms with van der Waals surface area (Å²) in [4.78, 5) is 11.0. The molecule has 0 bridgehead atoms. The van der Waals surface area contributed by atoms with Gasteiger partial charge in [0.1, 0.15) is 5.75 Å². The van der Waals surface area contributed by atoms with Gasteiger partial charge in [0.2, 0.25) is 0 Å². The van der Waals surface area contributed by atoms with Gasteiger partial charge in [-0.1, -0.05) is 6.07 Å². The van der Waals surface area contributed by atoms with Crippen molar-refractivity contribution in [2.24, 2.45) is 0 Å². The van der Waals surface area contributed by atoms with E-state index in [0.29, 0.717) is 17.0 Å². The summed E-state index contributed by atoms with van der Waals surface area (Å²) in [6.45, 7) is 0.261. The van der Waals surface area contributed by atoms with Crippen molar-refractivity contribution in [3.05, 3.63) is 53.3 Å². The molecule has 0 aliphatic heterocycles. The third-order valence-corrected chi connectivity index (χ3v) is 2.94. The Labute approximate surface area is 120 Å². The molecule has 2 aromatic carbocycles. The average molecular weight is 291 g/mol. The molecule has 0 aliphatic rings. The van der Waals surface area contributed by atoms with Gasteiger partial charge in [0, 0.05) is 6.54 Å². The molecule has 0 heterocycles. The first-order valence-electron chi connectivity index (χ1n) is 6.14. The largest absolute Gasteiger partial charge is 0.505 e. The van der Waals surface area contributed by atoms with Crippen LogP contribution in [0, 0.1) is 5.82 Å². The minimum atomic E-state index is -1.05. The van der Waals surface area contributed by atoms with Gasteiger partial charge in [0.05, 0.1) is 18.4 Å². The second-order valence-electron chi connectivity index (χ2n) is 4.36. The van der Waals surface area contributed by atoms with E-state index >= 15 is 0 Å². The second kappa shape index (κ2) is 6.13. The number of carboxylic acid groups (broad SMARTS) is 1. The summed E-state index contributed by atoms with van der Waals surface area (Å²) in [5.74, 6) is -1.68. The number of anilines is 1. The van der Waals surface area contributed by atoms with Crippen LogP contribution in [-0.2, 0) is 6.54 Å². The predicted octanol–water partition coefficient (Wildman–Crippen LogP) is 2.85. The molecule has 5 nitrogen and oxygen atoms in total. The normalized spacial score (nSPS) is 10.2. The number of aromatic carboxylic acids is 1. The summed E-state index contributed by atoms with van der Waals surface area (Å²) in [5, 5.41) is 21.1. The lowest BCUT2D eigenvalue weighted by atomic mass is 10.1. The fourth-order valence-electron chi connectivity index (χ4n) is 1.84. The van der Waals surface area contributed by atoms with Crippen LogP contribution in [0.5, 0.6) is 11.5 Å². The lowest BCUT2D eigenvalue weighted by Gasteiger charge is -2.12. The summed E-state index contributed by atoms with van der Waals surface area (Å²) in [6.07, 6.45) is 0. The number of carbonyl (C=O) groups is 1. The summed E-state index contributed by atoms with van der Waals surface area (Å²) in [6, 6.07) is 8.46. The summed E-state index contributed by atoms with van der Waals surface area (Å²) in [5.41, 5.74) is 1.22. The molecule has 0 saturated heterocycles. The first-order chi connectivity index (χ1) is 10.0. The molecule has 2 aromatic rings. The van der Waals surface area contributed by atoms with E-state index in [2.05, 4.69) is 5.32 Å². The third kappa shape index (κ3) is 3.42. The zero-order valence-electron chi connectivity index (χ0n) is 11.3. The van der Waals surface area contributed by atoms with E-state index < -0.39 is 17.5 Å². The fourth-order valence-corrected chi connectivity index (χ4v) is 1.84. The van der Waals surface area contributed by atoms with Crippen LogP contribution in [0.25, 0.3) is 0 Å². The molecule has 0 amide bonds. The average Bonchev–Trinajstić information content (AvgIpc) is 2.48. The van der Waals surface area contributed by atoms with Gasteiger partial charge in [-0.25, -0.2) is 9.18 Å². The number of aromatic hydroxyl groups is 1. The monoisotopic (exact) mass is 291 g/mol. The van der Waals surface area contributed by atoms with Crippen LogP contribution in [0.2, 0.25) is 0 Å². The van der Waals surface area contributed by atoms with Crippen molar-refractivity contribution < 1.29 is 24.1 Å². The molecule has 21 heavy (non-hydrogen) atoms. The molecular weight excluding hydrogens is 277 g/mol. The van der Waals surface area contributed by atoms with Crippen molar-refractivity contribution in [3.8, 4) is 11.5 Å².